The number of aromatic nitrogens is 3. The van der Waals surface area contributed by atoms with E-state index in [1.54, 1.807) is 6.26 Å². The summed E-state index contributed by atoms with van der Waals surface area (Å²) in [5, 5.41) is 0. The summed E-state index contributed by atoms with van der Waals surface area (Å²) in [5.41, 5.74) is 3.38. The zero-order valence-electron chi connectivity index (χ0n) is 15.3. The fraction of sp³-hybridized carbons (Fsp3) is 0.400. The largest absolute Gasteiger partial charge is 0.468 e. The van der Waals surface area contributed by atoms with Gasteiger partial charge in [0.25, 0.3) is 0 Å². The van der Waals surface area contributed by atoms with Crippen molar-refractivity contribution in [2.45, 2.75) is 46.2 Å². The van der Waals surface area contributed by atoms with Crippen LogP contribution in [0.15, 0.2) is 47.5 Å². The van der Waals surface area contributed by atoms with E-state index in [1.807, 2.05) is 37.6 Å². The van der Waals surface area contributed by atoms with Crippen molar-refractivity contribution in [1.82, 2.24) is 19.4 Å². The second kappa shape index (κ2) is 7.43. The summed E-state index contributed by atoms with van der Waals surface area (Å²) in [7, 11) is 0. The average molecular weight is 352 g/mol. The molecule has 1 unspecified atom stereocenters. The number of nitrogens with zero attached hydrogens (tertiary/aromatic N) is 4. The van der Waals surface area contributed by atoms with E-state index in [9.17, 15) is 0 Å². The molecule has 0 saturated heterocycles. The molecule has 26 heavy (non-hydrogen) atoms. The quantitative estimate of drug-likeness (QED) is 0.680. The number of furan rings is 1. The molecule has 0 spiro atoms. The lowest BCUT2D eigenvalue weighted by Crippen LogP contribution is -2.37. The van der Waals surface area contributed by atoms with Gasteiger partial charge < -0.3 is 13.7 Å². The summed E-state index contributed by atoms with van der Waals surface area (Å²) in [4.78, 5) is 11.3. The van der Waals surface area contributed by atoms with E-state index in [-0.39, 0.29) is 6.04 Å². The van der Waals surface area contributed by atoms with E-state index < -0.39 is 0 Å². The van der Waals surface area contributed by atoms with Crippen molar-refractivity contribution in [1.29, 1.82) is 0 Å². The first-order valence-corrected chi connectivity index (χ1v) is 8.99. The molecular formula is C20H24N4O2. The van der Waals surface area contributed by atoms with E-state index in [2.05, 4.69) is 32.4 Å². The Kier molecular flexibility index (Phi) is 4.86. The van der Waals surface area contributed by atoms with Gasteiger partial charge in [0.2, 0.25) is 0 Å². The molecule has 0 aliphatic carbocycles. The lowest BCUT2D eigenvalue weighted by Gasteiger charge is -2.33. The van der Waals surface area contributed by atoms with Crippen LogP contribution >= 0.6 is 0 Å². The molecule has 0 aromatic carbocycles. The van der Waals surface area contributed by atoms with Crippen molar-refractivity contribution in [3.8, 4) is 0 Å². The first-order valence-electron chi connectivity index (χ1n) is 8.99. The average Bonchev–Trinajstić information content (AvgIpc) is 3.28. The minimum Gasteiger partial charge on any atom is -0.468 e. The molecule has 136 valence electrons. The number of pyridine rings is 1. The Labute approximate surface area is 153 Å². The van der Waals surface area contributed by atoms with Gasteiger partial charge in [0.1, 0.15) is 11.6 Å². The van der Waals surface area contributed by atoms with Crippen LogP contribution in [0.25, 0.3) is 0 Å². The van der Waals surface area contributed by atoms with Crippen LogP contribution < -0.4 is 0 Å². The van der Waals surface area contributed by atoms with Gasteiger partial charge in [-0.2, -0.15) is 0 Å². The highest BCUT2D eigenvalue weighted by Crippen LogP contribution is 2.27. The number of rotatable bonds is 6. The lowest BCUT2D eigenvalue weighted by atomic mass is 10.2. The summed E-state index contributed by atoms with van der Waals surface area (Å²) >= 11 is 0. The normalized spacial score (nSPS) is 17.4. The fourth-order valence-corrected chi connectivity index (χ4v) is 3.51. The Balaban J connectivity index is 1.38. The number of aryl methyl sites for hydroxylation is 1. The summed E-state index contributed by atoms with van der Waals surface area (Å²) in [6.07, 6.45) is 7.38. The molecule has 0 saturated carbocycles. The van der Waals surface area contributed by atoms with Crippen LogP contribution in [0.2, 0.25) is 0 Å². The highest BCUT2D eigenvalue weighted by molar-refractivity contribution is 5.16. The topological polar surface area (TPSA) is 56.3 Å². The lowest BCUT2D eigenvalue weighted by molar-refractivity contribution is 0.0960. The Morgan fingerprint density at radius 2 is 2.15 bits per heavy atom. The predicted molar refractivity (Wildman–Crippen MR) is 97.2 cm³/mol. The number of hydrogen-bond acceptors (Lipinski definition) is 5. The molecule has 3 aromatic heterocycles. The molecule has 0 amide bonds. The third-order valence-corrected chi connectivity index (χ3v) is 4.89. The molecule has 1 aliphatic heterocycles. The van der Waals surface area contributed by atoms with Crippen molar-refractivity contribution in [3.05, 3.63) is 71.5 Å². The van der Waals surface area contributed by atoms with E-state index in [4.69, 9.17) is 9.15 Å². The van der Waals surface area contributed by atoms with Crippen LogP contribution in [0.4, 0.5) is 0 Å². The van der Waals surface area contributed by atoms with Crippen molar-refractivity contribution in [2.75, 3.05) is 6.54 Å². The zero-order valence-corrected chi connectivity index (χ0v) is 15.3. The summed E-state index contributed by atoms with van der Waals surface area (Å²) in [6.45, 7) is 8.07. The fourth-order valence-electron chi connectivity index (χ4n) is 3.51. The van der Waals surface area contributed by atoms with Crippen molar-refractivity contribution in [2.24, 2.45) is 0 Å². The van der Waals surface area contributed by atoms with E-state index >= 15 is 0 Å². The van der Waals surface area contributed by atoms with Crippen LogP contribution in [0, 0.1) is 6.92 Å². The Morgan fingerprint density at radius 1 is 1.23 bits per heavy atom. The molecule has 0 fully saturated rings. The summed E-state index contributed by atoms with van der Waals surface area (Å²) in [5.74, 6) is 2.09. The van der Waals surface area contributed by atoms with Gasteiger partial charge in [-0.3, -0.25) is 9.88 Å². The number of hydrogen-bond donors (Lipinski definition) is 0. The summed E-state index contributed by atoms with van der Waals surface area (Å²) in [6, 6.07) is 6.31. The number of ether oxygens (including phenoxy) is 1. The first-order chi connectivity index (χ1) is 12.7. The standard InChI is InChI=1S/C20H24N4O2/c1-15-8-17(10-21-9-15)13-25-14-18-11-22-20-16(2)23(5-6-24(18)20)12-19-4-3-7-26-19/h3-4,7-11,16H,5-6,12-14H2,1-2H3. The molecule has 4 rings (SSSR count). The van der Waals surface area contributed by atoms with E-state index in [0.717, 1.165) is 48.0 Å². The van der Waals surface area contributed by atoms with Crippen LogP contribution in [-0.4, -0.2) is 26.0 Å². The zero-order chi connectivity index (χ0) is 17.9. The predicted octanol–water partition coefficient (Wildman–Crippen LogP) is 3.47. The Bertz CT molecular complexity index is 857. The van der Waals surface area contributed by atoms with Crippen molar-refractivity contribution >= 4 is 0 Å². The number of imidazole rings is 1. The molecule has 0 N–H and O–H groups in total. The van der Waals surface area contributed by atoms with Crippen molar-refractivity contribution in [3.63, 3.8) is 0 Å². The third-order valence-electron chi connectivity index (χ3n) is 4.89. The van der Waals surface area contributed by atoms with Gasteiger partial charge in [0.05, 0.1) is 44.0 Å². The highest BCUT2D eigenvalue weighted by Gasteiger charge is 2.27. The van der Waals surface area contributed by atoms with E-state index in [0.29, 0.717) is 13.2 Å². The van der Waals surface area contributed by atoms with Gasteiger partial charge in [-0.15, -0.1) is 0 Å². The Hall–Kier alpha value is -2.44. The maximum absolute atomic E-state index is 5.90. The number of fused-ring (bicyclic) bond motifs is 1. The molecule has 4 heterocycles. The van der Waals surface area contributed by atoms with E-state index in [1.165, 1.54) is 0 Å². The minimum absolute atomic E-state index is 0.253. The molecule has 0 bridgehead atoms. The smallest absolute Gasteiger partial charge is 0.126 e. The summed E-state index contributed by atoms with van der Waals surface area (Å²) < 4.78 is 13.7. The second-order valence-electron chi connectivity index (χ2n) is 6.85. The maximum atomic E-state index is 5.90. The van der Waals surface area contributed by atoms with Gasteiger partial charge in [-0.05, 0) is 37.1 Å². The molecule has 3 aromatic rings. The molecule has 6 heteroatoms. The molecule has 0 radical (unpaired) electrons. The monoisotopic (exact) mass is 352 g/mol. The molecular weight excluding hydrogens is 328 g/mol. The minimum atomic E-state index is 0.253. The van der Waals surface area contributed by atoms with Gasteiger partial charge in [0, 0.05) is 25.5 Å². The van der Waals surface area contributed by atoms with Crippen LogP contribution in [0.3, 0.4) is 0 Å². The molecule has 1 aliphatic rings. The maximum Gasteiger partial charge on any atom is 0.126 e. The third kappa shape index (κ3) is 3.57. The van der Waals surface area contributed by atoms with Gasteiger partial charge in [0.15, 0.2) is 0 Å². The second-order valence-corrected chi connectivity index (χ2v) is 6.85. The molecule has 6 nitrogen and oxygen atoms in total. The highest BCUT2D eigenvalue weighted by atomic mass is 16.5. The van der Waals surface area contributed by atoms with Crippen molar-refractivity contribution < 1.29 is 9.15 Å². The van der Waals surface area contributed by atoms with Gasteiger partial charge in [-0.1, -0.05) is 6.07 Å². The van der Waals surface area contributed by atoms with Crippen LogP contribution in [-0.2, 0) is 31.0 Å². The molecule has 1 atom stereocenters. The van der Waals surface area contributed by atoms with Gasteiger partial charge in [-0.25, -0.2) is 4.98 Å². The van der Waals surface area contributed by atoms with Crippen LogP contribution in [0.5, 0.6) is 0 Å². The van der Waals surface area contributed by atoms with Crippen LogP contribution in [0.1, 0.15) is 41.4 Å². The first kappa shape index (κ1) is 17.0. The SMILES string of the molecule is Cc1cncc(COCc2cnc3n2CCN(Cc2ccco2)C3C)c1. The van der Waals surface area contributed by atoms with Gasteiger partial charge >= 0.3 is 0 Å². The Morgan fingerprint density at radius 3 is 2.96 bits per heavy atom.